The van der Waals surface area contributed by atoms with Gasteiger partial charge in [-0.3, -0.25) is 0 Å². The summed E-state index contributed by atoms with van der Waals surface area (Å²) in [5.41, 5.74) is 1.05. The highest BCUT2D eigenvalue weighted by atomic mass is 32.2. The molecule has 0 saturated heterocycles. The summed E-state index contributed by atoms with van der Waals surface area (Å²) in [6.07, 6.45) is 0.992. The Morgan fingerprint density at radius 1 is 1.37 bits per heavy atom. The number of rotatable bonds is 5. The summed E-state index contributed by atoms with van der Waals surface area (Å²) in [5.74, 6) is 0.325. The zero-order valence-electron chi connectivity index (χ0n) is 11.3. The Morgan fingerprint density at radius 2 is 1.95 bits per heavy atom. The molecular weight excluding hydrogens is 262 g/mol. The van der Waals surface area contributed by atoms with Gasteiger partial charge in [-0.1, -0.05) is 26.0 Å². The standard InChI is InChI=1S/C14H17NO3S/c1-4-18-10-14(9-15)19(16,17)13-7-5-12(6-8-13)11(2)3/h5-8,10-11H,4H2,1-3H3/b14-10-. The fourth-order valence-corrected chi connectivity index (χ4v) is 2.53. The first-order chi connectivity index (χ1) is 8.93. The van der Waals surface area contributed by atoms with Crippen LogP contribution >= 0.6 is 0 Å². The lowest BCUT2D eigenvalue weighted by Crippen LogP contribution is -2.04. The second-order valence-corrected chi connectivity index (χ2v) is 6.19. The van der Waals surface area contributed by atoms with Crippen LogP contribution in [0, 0.1) is 11.3 Å². The average molecular weight is 279 g/mol. The van der Waals surface area contributed by atoms with Crippen LogP contribution in [0.3, 0.4) is 0 Å². The number of benzene rings is 1. The molecule has 1 aromatic carbocycles. The predicted octanol–water partition coefficient (Wildman–Crippen LogP) is 2.99. The predicted molar refractivity (Wildman–Crippen MR) is 73.0 cm³/mol. The molecule has 102 valence electrons. The van der Waals surface area contributed by atoms with Crippen LogP contribution in [0.4, 0.5) is 0 Å². The fraction of sp³-hybridized carbons (Fsp3) is 0.357. The molecule has 0 radical (unpaired) electrons. The topological polar surface area (TPSA) is 67.2 Å². The van der Waals surface area contributed by atoms with E-state index in [1.54, 1.807) is 25.1 Å². The smallest absolute Gasteiger partial charge is 0.219 e. The van der Waals surface area contributed by atoms with Gasteiger partial charge in [-0.15, -0.1) is 0 Å². The Hall–Kier alpha value is -1.80. The van der Waals surface area contributed by atoms with Gasteiger partial charge in [0, 0.05) is 0 Å². The molecule has 0 atom stereocenters. The summed E-state index contributed by atoms with van der Waals surface area (Å²) >= 11 is 0. The van der Waals surface area contributed by atoms with E-state index in [0.717, 1.165) is 11.8 Å². The zero-order chi connectivity index (χ0) is 14.5. The number of nitrogens with zero attached hydrogens (tertiary/aromatic N) is 1. The summed E-state index contributed by atoms with van der Waals surface area (Å²) in [7, 11) is -3.79. The second-order valence-electron chi connectivity index (χ2n) is 4.28. The Bertz CT molecular complexity index is 593. The Kier molecular flexibility index (Phi) is 5.13. The number of hydrogen-bond donors (Lipinski definition) is 0. The molecule has 0 bridgehead atoms. The van der Waals surface area contributed by atoms with Crippen molar-refractivity contribution in [3.8, 4) is 6.07 Å². The van der Waals surface area contributed by atoms with E-state index in [2.05, 4.69) is 0 Å². The van der Waals surface area contributed by atoms with Crippen LogP contribution in [0.25, 0.3) is 0 Å². The first-order valence-electron chi connectivity index (χ1n) is 6.00. The molecule has 1 rings (SSSR count). The first kappa shape index (κ1) is 15.3. The molecule has 0 N–H and O–H groups in total. The Morgan fingerprint density at radius 3 is 2.37 bits per heavy atom. The highest BCUT2D eigenvalue weighted by Gasteiger charge is 2.21. The molecule has 0 saturated carbocycles. The molecule has 0 aliphatic heterocycles. The van der Waals surface area contributed by atoms with Crippen molar-refractivity contribution in [2.75, 3.05) is 6.61 Å². The summed E-state index contributed by atoms with van der Waals surface area (Å²) in [5, 5.41) is 8.91. The number of nitriles is 1. The van der Waals surface area contributed by atoms with E-state index in [9.17, 15) is 8.42 Å². The lowest BCUT2D eigenvalue weighted by Gasteiger charge is -2.07. The van der Waals surface area contributed by atoms with Gasteiger partial charge in [-0.25, -0.2) is 8.42 Å². The molecule has 0 spiro atoms. The fourth-order valence-electron chi connectivity index (χ4n) is 1.47. The minimum Gasteiger partial charge on any atom is -0.499 e. The summed E-state index contributed by atoms with van der Waals surface area (Å²) in [6, 6.07) is 8.21. The summed E-state index contributed by atoms with van der Waals surface area (Å²) in [6.45, 7) is 6.08. The normalized spacial score (nSPS) is 12.3. The van der Waals surface area contributed by atoms with Crippen LogP contribution in [0.1, 0.15) is 32.3 Å². The molecular formula is C14H17NO3S. The summed E-state index contributed by atoms with van der Waals surface area (Å²) in [4.78, 5) is -0.281. The number of hydrogen-bond acceptors (Lipinski definition) is 4. The van der Waals surface area contributed by atoms with Gasteiger partial charge in [0.25, 0.3) is 0 Å². The van der Waals surface area contributed by atoms with Crippen molar-refractivity contribution >= 4 is 9.84 Å². The van der Waals surface area contributed by atoms with Crippen LogP contribution in [0.2, 0.25) is 0 Å². The third kappa shape index (κ3) is 3.58. The largest absolute Gasteiger partial charge is 0.499 e. The maximum Gasteiger partial charge on any atom is 0.219 e. The van der Waals surface area contributed by atoms with Crippen LogP contribution in [0.5, 0.6) is 0 Å². The molecule has 0 heterocycles. The quantitative estimate of drug-likeness (QED) is 0.614. The van der Waals surface area contributed by atoms with Crippen molar-refractivity contribution in [3.63, 3.8) is 0 Å². The highest BCUT2D eigenvalue weighted by molar-refractivity contribution is 7.95. The van der Waals surface area contributed by atoms with E-state index in [0.29, 0.717) is 12.5 Å². The molecule has 5 heteroatoms. The third-order valence-corrected chi connectivity index (χ3v) is 4.27. The molecule has 0 aliphatic carbocycles. The zero-order valence-corrected chi connectivity index (χ0v) is 12.1. The van der Waals surface area contributed by atoms with Gasteiger partial charge in [0.05, 0.1) is 11.5 Å². The van der Waals surface area contributed by atoms with Crippen LogP contribution < -0.4 is 0 Å². The molecule has 1 aromatic rings. The van der Waals surface area contributed by atoms with Gasteiger partial charge in [-0.2, -0.15) is 5.26 Å². The van der Waals surface area contributed by atoms with Crippen molar-refractivity contribution in [1.82, 2.24) is 0 Å². The van der Waals surface area contributed by atoms with Gasteiger partial charge >= 0.3 is 0 Å². The van der Waals surface area contributed by atoms with E-state index in [-0.39, 0.29) is 9.80 Å². The number of ether oxygens (including phenoxy) is 1. The minimum absolute atomic E-state index is 0.101. The third-order valence-electron chi connectivity index (χ3n) is 2.61. The highest BCUT2D eigenvalue weighted by Crippen LogP contribution is 2.22. The number of allylic oxidation sites excluding steroid dienone is 1. The lowest BCUT2D eigenvalue weighted by atomic mass is 10.0. The van der Waals surface area contributed by atoms with Gasteiger partial charge in [0.15, 0.2) is 4.91 Å². The molecule has 19 heavy (non-hydrogen) atoms. The maximum atomic E-state index is 12.2. The van der Waals surface area contributed by atoms with Crippen LogP contribution in [-0.2, 0) is 14.6 Å². The van der Waals surface area contributed by atoms with Crippen molar-refractivity contribution < 1.29 is 13.2 Å². The molecule has 0 amide bonds. The van der Waals surface area contributed by atoms with Crippen LogP contribution in [0.15, 0.2) is 40.3 Å². The monoisotopic (exact) mass is 279 g/mol. The van der Waals surface area contributed by atoms with E-state index in [4.69, 9.17) is 10.00 Å². The van der Waals surface area contributed by atoms with Crippen molar-refractivity contribution in [1.29, 1.82) is 5.26 Å². The lowest BCUT2D eigenvalue weighted by molar-refractivity contribution is 0.268. The van der Waals surface area contributed by atoms with Crippen molar-refractivity contribution in [2.45, 2.75) is 31.6 Å². The molecule has 0 unspecified atom stereocenters. The van der Waals surface area contributed by atoms with Gasteiger partial charge in [0.2, 0.25) is 9.84 Å². The first-order valence-corrected chi connectivity index (χ1v) is 7.48. The Labute approximate surface area is 114 Å². The van der Waals surface area contributed by atoms with Gasteiger partial charge < -0.3 is 4.74 Å². The van der Waals surface area contributed by atoms with E-state index in [1.807, 2.05) is 13.8 Å². The van der Waals surface area contributed by atoms with E-state index < -0.39 is 9.84 Å². The Balaban J connectivity index is 3.16. The molecule has 4 nitrogen and oxygen atoms in total. The number of sulfone groups is 1. The van der Waals surface area contributed by atoms with Gasteiger partial charge in [-0.05, 0) is 30.5 Å². The molecule has 0 fully saturated rings. The van der Waals surface area contributed by atoms with E-state index in [1.165, 1.54) is 12.1 Å². The van der Waals surface area contributed by atoms with Crippen molar-refractivity contribution in [3.05, 3.63) is 41.0 Å². The average Bonchev–Trinajstić information content (AvgIpc) is 2.39. The maximum absolute atomic E-state index is 12.2. The molecule has 0 aliphatic rings. The minimum atomic E-state index is -3.79. The van der Waals surface area contributed by atoms with Crippen LogP contribution in [-0.4, -0.2) is 15.0 Å². The summed E-state index contributed by atoms with van der Waals surface area (Å²) < 4.78 is 29.3. The van der Waals surface area contributed by atoms with Crippen molar-refractivity contribution in [2.24, 2.45) is 0 Å². The SMILES string of the molecule is CCO/C=C(/C#N)S(=O)(=O)c1ccc(C(C)C)cc1. The van der Waals surface area contributed by atoms with E-state index >= 15 is 0 Å². The molecule has 0 aromatic heterocycles. The van der Waals surface area contributed by atoms with Gasteiger partial charge in [0.1, 0.15) is 12.3 Å². The second kappa shape index (κ2) is 6.39.